The first kappa shape index (κ1) is 19.0. The van der Waals surface area contributed by atoms with E-state index in [1.165, 1.54) is 31.4 Å². The van der Waals surface area contributed by atoms with Gasteiger partial charge in [0.2, 0.25) is 5.96 Å². The Morgan fingerprint density at radius 3 is 2.58 bits per heavy atom. The number of nitrogens with one attached hydrogen (secondary N) is 2. The lowest BCUT2D eigenvalue weighted by Crippen LogP contribution is -2.55. The van der Waals surface area contributed by atoms with Gasteiger partial charge in [0.25, 0.3) is 10.0 Å². The van der Waals surface area contributed by atoms with Gasteiger partial charge in [-0.3, -0.25) is 4.90 Å². The van der Waals surface area contributed by atoms with Crippen molar-refractivity contribution in [1.29, 1.82) is 0 Å². The van der Waals surface area contributed by atoms with Gasteiger partial charge in [0, 0.05) is 6.04 Å². The van der Waals surface area contributed by atoms with Crippen molar-refractivity contribution in [3.63, 3.8) is 0 Å². The van der Waals surface area contributed by atoms with E-state index in [-0.39, 0.29) is 4.90 Å². The van der Waals surface area contributed by atoms with Gasteiger partial charge in [0.1, 0.15) is 5.75 Å². The molecule has 144 valence electrons. The van der Waals surface area contributed by atoms with E-state index in [4.69, 9.17) is 4.74 Å². The van der Waals surface area contributed by atoms with Crippen LogP contribution in [-0.2, 0) is 10.0 Å². The van der Waals surface area contributed by atoms with Crippen LogP contribution in [0.1, 0.15) is 33.1 Å². The molecule has 0 spiro atoms. The Bertz CT molecular complexity index is 748. The summed E-state index contributed by atoms with van der Waals surface area (Å²) < 4.78 is 32.6. The van der Waals surface area contributed by atoms with Crippen LogP contribution in [0.2, 0.25) is 0 Å². The molecule has 0 bridgehead atoms. The van der Waals surface area contributed by atoms with Crippen molar-refractivity contribution < 1.29 is 13.2 Å². The van der Waals surface area contributed by atoms with E-state index in [1.807, 2.05) is 0 Å². The average molecular weight is 381 g/mol. The molecule has 26 heavy (non-hydrogen) atoms. The van der Waals surface area contributed by atoms with Crippen LogP contribution in [0.25, 0.3) is 0 Å². The van der Waals surface area contributed by atoms with Crippen molar-refractivity contribution in [3.05, 3.63) is 24.3 Å². The molecule has 1 saturated carbocycles. The first-order valence-electron chi connectivity index (χ1n) is 9.10. The van der Waals surface area contributed by atoms with Gasteiger partial charge in [-0.15, -0.1) is 0 Å². The molecule has 7 nitrogen and oxygen atoms in total. The maximum Gasteiger partial charge on any atom is 0.264 e. The maximum atomic E-state index is 12.5. The van der Waals surface area contributed by atoms with Gasteiger partial charge in [0.15, 0.2) is 0 Å². The third kappa shape index (κ3) is 4.12. The van der Waals surface area contributed by atoms with Crippen molar-refractivity contribution >= 4 is 16.0 Å². The second-order valence-corrected chi connectivity index (χ2v) is 8.87. The molecule has 1 aliphatic heterocycles. The number of rotatable bonds is 4. The van der Waals surface area contributed by atoms with Crippen LogP contribution >= 0.6 is 0 Å². The predicted molar refractivity (Wildman–Crippen MR) is 101 cm³/mol. The highest BCUT2D eigenvalue weighted by molar-refractivity contribution is 7.90. The minimum Gasteiger partial charge on any atom is -0.497 e. The summed E-state index contributed by atoms with van der Waals surface area (Å²) in [5, 5.41) is 3.11. The van der Waals surface area contributed by atoms with Gasteiger partial charge in [-0.25, -0.2) is 18.1 Å². The number of ether oxygens (including phenoxy) is 1. The Morgan fingerprint density at radius 2 is 1.96 bits per heavy atom. The Hall–Kier alpha value is -1.80. The molecular weight excluding hydrogens is 352 g/mol. The number of methoxy groups -OCH3 is 1. The van der Waals surface area contributed by atoms with Crippen molar-refractivity contribution in [1.82, 2.24) is 14.9 Å². The molecule has 0 amide bonds. The third-order valence-corrected chi connectivity index (χ3v) is 6.95. The number of hydrogen-bond acceptors (Lipinski definition) is 6. The lowest BCUT2D eigenvalue weighted by Gasteiger charge is -2.42. The number of sulfonamides is 1. The summed E-state index contributed by atoms with van der Waals surface area (Å²) in [6.45, 7) is 5.73. The summed E-state index contributed by atoms with van der Waals surface area (Å²) in [5.41, 5.74) is 0. The molecule has 1 heterocycles. The average Bonchev–Trinajstić information content (AvgIpc) is 2.64. The van der Waals surface area contributed by atoms with Gasteiger partial charge in [-0.05, 0) is 42.5 Å². The SMILES string of the molecule is COc1ccc(S(=O)(=O)NC2=NCN([C@@H]3CCC[C@H](C)[C@@H]3C)CN2)cc1. The van der Waals surface area contributed by atoms with Crippen molar-refractivity contribution in [2.45, 2.75) is 44.0 Å². The fraction of sp³-hybridized carbons (Fsp3) is 0.611. The zero-order chi connectivity index (χ0) is 18.7. The van der Waals surface area contributed by atoms with E-state index in [2.05, 4.69) is 33.8 Å². The van der Waals surface area contributed by atoms with Gasteiger partial charge in [-0.2, -0.15) is 0 Å². The summed E-state index contributed by atoms with van der Waals surface area (Å²) >= 11 is 0. The standard InChI is InChI=1S/C18H28N4O3S/c1-13-5-4-6-17(14(13)2)22-11-19-18(20-12-22)21-26(23,24)16-9-7-15(25-3)8-10-16/h7-10,13-14,17H,4-6,11-12H2,1-3H3,(H2,19,20,21)/t13-,14-,17+/m0/s1. The van der Waals surface area contributed by atoms with Crippen molar-refractivity contribution in [3.8, 4) is 5.75 Å². The van der Waals surface area contributed by atoms with Crippen LogP contribution in [0, 0.1) is 11.8 Å². The lowest BCUT2D eigenvalue weighted by atomic mass is 9.77. The van der Waals surface area contributed by atoms with E-state index in [0.717, 1.165) is 0 Å². The largest absolute Gasteiger partial charge is 0.497 e. The first-order chi connectivity index (χ1) is 12.4. The number of hydrogen-bond donors (Lipinski definition) is 2. The smallest absolute Gasteiger partial charge is 0.264 e. The molecule has 3 atom stereocenters. The van der Waals surface area contributed by atoms with Gasteiger partial charge in [-0.1, -0.05) is 26.7 Å². The molecule has 3 rings (SSSR count). The molecule has 1 aromatic carbocycles. The van der Waals surface area contributed by atoms with E-state index in [9.17, 15) is 8.42 Å². The lowest BCUT2D eigenvalue weighted by molar-refractivity contribution is 0.0768. The highest BCUT2D eigenvalue weighted by Gasteiger charge is 2.32. The van der Waals surface area contributed by atoms with E-state index in [0.29, 0.717) is 42.9 Å². The Balaban J connectivity index is 1.63. The van der Waals surface area contributed by atoms with Crippen molar-refractivity contribution in [2.24, 2.45) is 16.8 Å². The van der Waals surface area contributed by atoms with Crippen molar-refractivity contribution in [2.75, 3.05) is 20.4 Å². The zero-order valence-electron chi connectivity index (χ0n) is 15.6. The topological polar surface area (TPSA) is 83.0 Å². The molecular formula is C18H28N4O3S. The summed E-state index contributed by atoms with van der Waals surface area (Å²) in [4.78, 5) is 6.88. The Kier molecular flexibility index (Phi) is 5.72. The van der Waals surface area contributed by atoms with Crippen LogP contribution in [0.3, 0.4) is 0 Å². The van der Waals surface area contributed by atoms with E-state index >= 15 is 0 Å². The molecule has 8 heteroatoms. The maximum absolute atomic E-state index is 12.5. The quantitative estimate of drug-likeness (QED) is 0.835. The number of nitrogens with zero attached hydrogens (tertiary/aromatic N) is 2. The molecule has 0 saturated heterocycles. The zero-order valence-corrected chi connectivity index (χ0v) is 16.4. The molecule has 1 aromatic rings. The summed E-state index contributed by atoms with van der Waals surface area (Å²) in [7, 11) is -2.12. The van der Waals surface area contributed by atoms with E-state index in [1.54, 1.807) is 19.2 Å². The van der Waals surface area contributed by atoms with Gasteiger partial charge in [0.05, 0.1) is 25.3 Å². The van der Waals surface area contributed by atoms with Crippen LogP contribution in [0.15, 0.2) is 34.2 Å². The minimum atomic E-state index is -3.66. The number of guanidine groups is 1. The number of benzene rings is 1. The monoisotopic (exact) mass is 380 g/mol. The highest BCUT2D eigenvalue weighted by atomic mass is 32.2. The van der Waals surface area contributed by atoms with Crippen LogP contribution < -0.4 is 14.8 Å². The fourth-order valence-electron chi connectivity index (χ4n) is 3.74. The summed E-state index contributed by atoms with van der Waals surface area (Å²) in [6.07, 6.45) is 3.71. The van der Waals surface area contributed by atoms with E-state index < -0.39 is 10.0 Å². The molecule has 2 N–H and O–H groups in total. The molecule has 0 radical (unpaired) electrons. The molecule has 1 fully saturated rings. The third-order valence-electron chi connectivity index (χ3n) is 5.59. The van der Waals surface area contributed by atoms with Gasteiger partial charge >= 0.3 is 0 Å². The van der Waals surface area contributed by atoms with Gasteiger partial charge < -0.3 is 10.1 Å². The second kappa shape index (κ2) is 7.84. The highest BCUT2D eigenvalue weighted by Crippen LogP contribution is 2.32. The number of aliphatic imine (C=N–C) groups is 1. The summed E-state index contributed by atoms with van der Waals surface area (Å²) in [6, 6.07) is 6.77. The van der Waals surface area contributed by atoms with Crippen LogP contribution in [0.4, 0.5) is 0 Å². The molecule has 2 aliphatic rings. The molecule has 1 aliphatic carbocycles. The second-order valence-electron chi connectivity index (χ2n) is 7.19. The predicted octanol–water partition coefficient (Wildman–Crippen LogP) is 1.97. The fourth-order valence-corrected chi connectivity index (χ4v) is 4.75. The Labute approximate surface area is 155 Å². The normalized spacial score (nSPS) is 27.3. The first-order valence-corrected chi connectivity index (χ1v) is 10.6. The van der Waals surface area contributed by atoms with Crippen LogP contribution in [0.5, 0.6) is 5.75 Å². The van der Waals surface area contributed by atoms with Crippen LogP contribution in [-0.4, -0.2) is 45.8 Å². The molecule has 0 aromatic heterocycles. The minimum absolute atomic E-state index is 0.181. The molecule has 0 unspecified atom stereocenters. The Morgan fingerprint density at radius 1 is 1.23 bits per heavy atom. The summed E-state index contributed by atoms with van der Waals surface area (Å²) in [5.74, 6) is 2.25.